The highest BCUT2D eigenvalue weighted by Crippen LogP contribution is 2.50. The zero-order chi connectivity index (χ0) is 20.7. The molecule has 0 heterocycles. The number of hydrogen-bond acceptors (Lipinski definition) is 10. The van der Waals surface area contributed by atoms with Gasteiger partial charge in [-0.05, 0) is 83.2 Å². The molecule has 0 radical (unpaired) electrons. The number of benzene rings is 3. The molecule has 2 N–H and O–H groups in total. The van der Waals surface area contributed by atoms with E-state index in [4.69, 9.17) is 30.6 Å². The van der Waals surface area contributed by atoms with E-state index in [1.807, 2.05) is 5.48 Å². The van der Waals surface area contributed by atoms with Crippen LogP contribution in [0.15, 0.2) is 83.2 Å². The van der Waals surface area contributed by atoms with Gasteiger partial charge in [0.05, 0.1) is 5.69 Å². The van der Waals surface area contributed by atoms with E-state index < -0.39 is 6.72 Å². The van der Waals surface area contributed by atoms with Gasteiger partial charge in [-0.25, -0.2) is 0 Å². The molecule has 3 rings (SSSR count). The molecule has 0 saturated carbocycles. The van der Waals surface area contributed by atoms with Gasteiger partial charge < -0.3 is 13.6 Å². The van der Waals surface area contributed by atoms with E-state index in [1.165, 1.54) is 48.5 Å². The van der Waals surface area contributed by atoms with Crippen LogP contribution in [0.2, 0.25) is 0 Å². The fourth-order valence-electron chi connectivity index (χ4n) is 2.17. The molecule has 0 unspecified atom stereocenters. The van der Waals surface area contributed by atoms with Crippen LogP contribution in [0.4, 0.5) is 17.1 Å². The summed E-state index contributed by atoms with van der Waals surface area (Å²) in [6.45, 7) is -3.42. The highest BCUT2D eigenvalue weighted by molar-refractivity contribution is 8.08. The summed E-state index contributed by atoms with van der Waals surface area (Å²) in [7, 11) is 0. The minimum absolute atomic E-state index is 0.233. The number of nitrogens with zero attached hydrogens (tertiary/aromatic N) is 2. The number of anilines is 1. The number of nitrogens with one attached hydrogen (secondary N) is 1. The smallest absolute Gasteiger partial charge is 0.407 e. The number of rotatable bonds is 9. The van der Waals surface area contributed by atoms with Gasteiger partial charge in [0.15, 0.2) is 0 Å². The molecule has 0 fully saturated rings. The second-order valence-corrected chi connectivity index (χ2v) is 8.31. The topological polar surface area (TPSA) is 119 Å². The van der Waals surface area contributed by atoms with Gasteiger partial charge in [0, 0.05) is 11.8 Å². The Hall–Kier alpha value is -3.33. The molecule has 0 saturated heterocycles. The Morgan fingerprint density at radius 2 is 1.03 bits per heavy atom. The van der Waals surface area contributed by atoms with Gasteiger partial charge in [-0.3, -0.25) is 10.7 Å². The summed E-state index contributed by atoms with van der Waals surface area (Å²) in [5, 5.41) is 14.6. The summed E-state index contributed by atoms with van der Waals surface area (Å²) in [4.78, 5) is 21.2. The highest BCUT2D eigenvalue weighted by atomic mass is 32.5. The van der Waals surface area contributed by atoms with Crippen molar-refractivity contribution >= 4 is 35.6 Å². The van der Waals surface area contributed by atoms with Crippen molar-refractivity contribution in [3.8, 4) is 17.2 Å². The van der Waals surface area contributed by atoms with E-state index in [-0.39, 0.29) is 11.4 Å². The second kappa shape index (κ2) is 9.24. The fraction of sp³-hybridized carbons (Fsp3) is 0. The first-order valence-corrected chi connectivity index (χ1v) is 10.6. The summed E-state index contributed by atoms with van der Waals surface area (Å²) in [5.74, 6) is 0.991. The predicted molar refractivity (Wildman–Crippen MR) is 112 cm³/mol. The summed E-state index contributed by atoms with van der Waals surface area (Å²) < 4.78 is 17.4. The van der Waals surface area contributed by atoms with Crippen molar-refractivity contribution in [1.82, 2.24) is 0 Å². The van der Waals surface area contributed by atoms with Crippen LogP contribution in [-0.2, 0) is 11.8 Å². The Labute approximate surface area is 170 Å². The Morgan fingerprint density at radius 3 is 1.34 bits per heavy atom. The van der Waals surface area contributed by atoms with E-state index in [0.717, 1.165) is 0 Å². The summed E-state index contributed by atoms with van der Waals surface area (Å²) in [6, 6.07) is 18.2. The molecule has 3 aromatic carbocycles. The Bertz CT molecular complexity index is 971. The van der Waals surface area contributed by atoms with Crippen LogP contribution in [-0.4, -0.2) is 5.21 Å². The van der Waals surface area contributed by atoms with E-state index in [1.54, 1.807) is 24.3 Å². The van der Waals surface area contributed by atoms with E-state index in [9.17, 15) is 9.81 Å². The molecule has 0 aliphatic rings. The largest absolute Gasteiger partial charge is 0.490 e. The highest BCUT2D eigenvalue weighted by Gasteiger charge is 2.27. The third kappa shape index (κ3) is 5.58. The first-order valence-electron chi connectivity index (χ1n) is 8.09. The van der Waals surface area contributed by atoms with Crippen LogP contribution in [0.3, 0.4) is 0 Å². The Kier molecular flexibility index (Phi) is 6.50. The van der Waals surface area contributed by atoms with Gasteiger partial charge in [0.25, 0.3) is 0 Å². The molecule has 0 atom stereocenters. The van der Waals surface area contributed by atoms with Gasteiger partial charge in [-0.15, -0.1) is 9.81 Å². The average molecular weight is 431 g/mol. The van der Waals surface area contributed by atoms with Crippen LogP contribution >= 0.6 is 6.72 Å². The summed E-state index contributed by atoms with van der Waals surface area (Å²) in [6.07, 6.45) is 0. The molecular weight excluding hydrogens is 417 g/mol. The molecule has 0 aliphatic heterocycles. The van der Waals surface area contributed by atoms with Gasteiger partial charge >= 0.3 is 6.72 Å². The Morgan fingerprint density at radius 1 is 0.690 bits per heavy atom. The molecule has 29 heavy (non-hydrogen) atoms. The van der Waals surface area contributed by atoms with Crippen LogP contribution < -0.4 is 19.1 Å². The van der Waals surface area contributed by atoms with Crippen molar-refractivity contribution < 1.29 is 18.8 Å². The molecule has 0 amide bonds. The standard InChI is InChI=1S/C18H14N3O6PS/c22-19-13-1-7-16(8-2-13)25-28(29,26-17-9-3-14(20-23)4-10-17)27-18-11-5-15(21-24)6-12-18/h1-12,19,22H. The van der Waals surface area contributed by atoms with Crippen LogP contribution in [0.25, 0.3) is 0 Å². The first-order chi connectivity index (χ1) is 14.0. The maximum atomic E-state index is 10.6. The van der Waals surface area contributed by atoms with Gasteiger partial charge in [0.2, 0.25) is 0 Å². The van der Waals surface area contributed by atoms with Gasteiger partial charge in [0.1, 0.15) is 28.6 Å². The van der Waals surface area contributed by atoms with Crippen molar-refractivity contribution in [2.24, 2.45) is 10.4 Å². The molecule has 11 heteroatoms. The van der Waals surface area contributed by atoms with Gasteiger partial charge in [-0.1, -0.05) is 0 Å². The fourth-order valence-corrected chi connectivity index (χ4v) is 4.20. The van der Waals surface area contributed by atoms with E-state index in [0.29, 0.717) is 22.9 Å². The molecule has 9 nitrogen and oxygen atoms in total. The SMILES string of the molecule is O=Nc1ccc(OP(=S)(Oc2ccc(N=O)cc2)Oc2ccc(NO)cc2)cc1. The van der Waals surface area contributed by atoms with Crippen LogP contribution in [0.1, 0.15) is 0 Å². The quantitative estimate of drug-likeness (QED) is 0.239. The number of nitroso groups, excluding NO2 is 2. The minimum Gasteiger partial charge on any atom is -0.407 e. The number of hydrogen-bond donors (Lipinski definition) is 2. The third-order valence-corrected chi connectivity index (χ3v) is 5.49. The molecular formula is C18H14N3O6PS. The first kappa shape index (κ1) is 20.4. The Balaban J connectivity index is 1.87. The minimum atomic E-state index is -3.42. The molecule has 0 spiro atoms. The van der Waals surface area contributed by atoms with E-state index in [2.05, 4.69) is 10.4 Å². The normalized spacial score (nSPS) is 10.7. The van der Waals surface area contributed by atoms with Crippen LogP contribution in [0.5, 0.6) is 17.2 Å². The lowest BCUT2D eigenvalue weighted by molar-refractivity contribution is 0.383. The third-order valence-electron chi connectivity index (χ3n) is 3.52. The van der Waals surface area contributed by atoms with Gasteiger partial charge in [-0.2, -0.15) is 0 Å². The van der Waals surface area contributed by atoms with Crippen molar-refractivity contribution in [2.45, 2.75) is 0 Å². The van der Waals surface area contributed by atoms with Crippen molar-refractivity contribution in [3.05, 3.63) is 82.6 Å². The monoisotopic (exact) mass is 431 g/mol. The zero-order valence-corrected chi connectivity index (χ0v) is 16.4. The zero-order valence-electron chi connectivity index (χ0n) is 14.7. The lowest BCUT2D eigenvalue weighted by atomic mass is 10.3. The van der Waals surface area contributed by atoms with Crippen molar-refractivity contribution in [2.75, 3.05) is 5.48 Å². The molecule has 148 valence electrons. The van der Waals surface area contributed by atoms with E-state index >= 15 is 0 Å². The maximum Gasteiger partial charge on any atom is 0.490 e. The maximum absolute atomic E-state index is 10.6. The van der Waals surface area contributed by atoms with Crippen molar-refractivity contribution in [1.29, 1.82) is 0 Å². The lowest BCUT2D eigenvalue weighted by Crippen LogP contribution is -2.07. The average Bonchev–Trinajstić information content (AvgIpc) is 2.75. The molecule has 0 aromatic heterocycles. The second-order valence-electron chi connectivity index (χ2n) is 5.53. The predicted octanol–water partition coefficient (Wildman–Crippen LogP) is 6.04. The summed E-state index contributed by atoms with van der Waals surface area (Å²) in [5.41, 5.74) is 2.94. The van der Waals surface area contributed by atoms with Crippen molar-refractivity contribution in [3.63, 3.8) is 0 Å². The molecule has 3 aromatic rings. The van der Waals surface area contributed by atoms with Crippen LogP contribution in [0, 0.1) is 9.81 Å². The molecule has 0 aliphatic carbocycles. The summed E-state index contributed by atoms with van der Waals surface area (Å²) >= 11 is 5.54. The lowest BCUT2D eigenvalue weighted by Gasteiger charge is -2.23. The molecule has 0 bridgehead atoms.